The van der Waals surface area contributed by atoms with Gasteiger partial charge >= 0.3 is 5.97 Å². The lowest BCUT2D eigenvalue weighted by Gasteiger charge is -2.17. The highest BCUT2D eigenvalue weighted by molar-refractivity contribution is 6.88. The lowest BCUT2D eigenvalue weighted by molar-refractivity contribution is 0.0595. The van der Waals surface area contributed by atoms with E-state index in [1.165, 1.54) is 12.3 Å². The third-order valence-corrected chi connectivity index (χ3v) is 5.31. The van der Waals surface area contributed by atoms with Gasteiger partial charge in [0, 0.05) is 11.8 Å². The second-order valence-electron chi connectivity index (χ2n) is 5.72. The quantitative estimate of drug-likeness (QED) is 0.642. The van der Waals surface area contributed by atoms with E-state index in [9.17, 15) is 4.79 Å². The number of nitrogens with zero attached hydrogens (tertiary/aromatic N) is 1. The SMILES string of the molecule is COC(=O)c1ncccc1-c1ccc([Si](C)(C)C)cc1. The van der Waals surface area contributed by atoms with Gasteiger partial charge in [-0.25, -0.2) is 9.78 Å². The Bertz CT molecular complexity index is 615. The Morgan fingerprint density at radius 3 is 2.30 bits per heavy atom. The fraction of sp³-hybridized carbons (Fsp3) is 0.250. The number of hydrogen-bond donors (Lipinski definition) is 0. The van der Waals surface area contributed by atoms with Crippen molar-refractivity contribution in [3.05, 3.63) is 48.3 Å². The van der Waals surface area contributed by atoms with Crippen LogP contribution in [0.2, 0.25) is 19.6 Å². The summed E-state index contributed by atoms with van der Waals surface area (Å²) < 4.78 is 4.78. The summed E-state index contributed by atoms with van der Waals surface area (Å²) in [5, 5.41) is 1.39. The summed E-state index contributed by atoms with van der Waals surface area (Å²) in [4.78, 5) is 15.9. The van der Waals surface area contributed by atoms with Crippen LogP contribution < -0.4 is 5.19 Å². The van der Waals surface area contributed by atoms with Gasteiger partial charge in [0.25, 0.3) is 0 Å². The minimum absolute atomic E-state index is 0.357. The first-order chi connectivity index (χ1) is 9.43. The van der Waals surface area contributed by atoms with E-state index in [0.717, 1.165) is 11.1 Å². The zero-order chi connectivity index (χ0) is 14.8. The number of carbonyl (C=O) groups is 1. The number of aromatic nitrogens is 1. The number of rotatable bonds is 3. The highest BCUT2D eigenvalue weighted by Gasteiger charge is 2.17. The van der Waals surface area contributed by atoms with Crippen molar-refractivity contribution in [1.82, 2.24) is 4.98 Å². The van der Waals surface area contributed by atoms with E-state index >= 15 is 0 Å². The van der Waals surface area contributed by atoms with E-state index in [4.69, 9.17) is 4.74 Å². The van der Waals surface area contributed by atoms with Crippen LogP contribution in [0, 0.1) is 0 Å². The van der Waals surface area contributed by atoms with Gasteiger partial charge in [-0.05, 0) is 11.6 Å². The van der Waals surface area contributed by atoms with Gasteiger partial charge < -0.3 is 4.74 Å². The summed E-state index contributed by atoms with van der Waals surface area (Å²) >= 11 is 0. The molecule has 0 saturated carbocycles. The molecule has 0 spiro atoms. The van der Waals surface area contributed by atoms with Crippen LogP contribution in [0.1, 0.15) is 10.5 Å². The normalized spacial score (nSPS) is 11.2. The average molecular weight is 285 g/mol. The van der Waals surface area contributed by atoms with Crippen LogP contribution in [0.5, 0.6) is 0 Å². The van der Waals surface area contributed by atoms with Crippen molar-refractivity contribution in [2.75, 3.05) is 7.11 Å². The smallest absolute Gasteiger partial charge is 0.357 e. The topological polar surface area (TPSA) is 39.2 Å². The molecule has 0 unspecified atom stereocenters. The molecule has 0 saturated heterocycles. The summed E-state index contributed by atoms with van der Waals surface area (Å²) in [5.41, 5.74) is 2.15. The van der Waals surface area contributed by atoms with Gasteiger partial charge in [-0.1, -0.05) is 55.2 Å². The Balaban J connectivity index is 2.45. The molecular weight excluding hydrogens is 266 g/mol. The minimum atomic E-state index is -1.31. The molecule has 0 amide bonds. The number of pyridine rings is 1. The van der Waals surface area contributed by atoms with Crippen molar-refractivity contribution in [1.29, 1.82) is 0 Å². The number of hydrogen-bond acceptors (Lipinski definition) is 3. The fourth-order valence-electron chi connectivity index (χ4n) is 2.05. The van der Waals surface area contributed by atoms with Gasteiger partial charge in [0.2, 0.25) is 0 Å². The van der Waals surface area contributed by atoms with E-state index in [0.29, 0.717) is 5.69 Å². The zero-order valence-corrected chi connectivity index (χ0v) is 13.3. The highest BCUT2D eigenvalue weighted by Crippen LogP contribution is 2.22. The number of ether oxygens (including phenoxy) is 1. The summed E-state index contributed by atoms with van der Waals surface area (Å²) in [6.07, 6.45) is 1.60. The molecule has 3 nitrogen and oxygen atoms in total. The summed E-state index contributed by atoms with van der Waals surface area (Å²) in [6.45, 7) is 6.93. The first-order valence-corrected chi connectivity index (χ1v) is 10.1. The zero-order valence-electron chi connectivity index (χ0n) is 12.3. The molecule has 0 aliphatic rings. The summed E-state index contributed by atoms with van der Waals surface area (Å²) in [6, 6.07) is 12.1. The van der Waals surface area contributed by atoms with E-state index in [1.54, 1.807) is 6.20 Å². The van der Waals surface area contributed by atoms with Crippen molar-refractivity contribution >= 4 is 19.2 Å². The molecule has 0 aliphatic heterocycles. The maximum Gasteiger partial charge on any atom is 0.357 e. The predicted octanol–water partition coefficient (Wildman–Crippen LogP) is 3.08. The van der Waals surface area contributed by atoms with Gasteiger partial charge in [-0.2, -0.15) is 0 Å². The Kier molecular flexibility index (Phi) is 4.04. The first-order valence-electron chi connectivity index (χ1n) is 6.58. The molecule has 0 aliphatic carbocycles. The second kappa shape index (κ2) is 5.59. The number of methoxy groups -OCH3 is 1. The van der Waals surface area contributed by atoms with Crippen molar-refractivity contribution in [2.45, 2.75) is 19.6 Å². The first kappa shape index (κ1) is 14.5. The molecular formula is C16H19NO2Si. The maximum atomic E-state index is 11.8. The fourth-order valence-corrected chi connectivity index (χ4v) is 3.21. The van der Waals surface area contributed by atoms with Gasteiger partial charge in [-0.15, -0.1) is 0 Å². The van der Waals surface area contributed by atoms with E-state index in [1.807, 2.05) is 12.1 Å². The standard InChI is InChI=1S/C16H19NO2Si/c1-19-16(18)15-14(6-5-11-17-15)12-7-9-13(10-8-12)20(2,3)4/h5-11H,1-4H3. The summed E-state index contributed by atoms with van der Waals surface area (Å²) in [5.74, 6) is -0.408. The van der Waals surface area contributed by atoms with E-state index in [-0.39, 0.29) is 0 Å². The van der Waals surface area contributed by atoms with Crippen LogP contribution in [0.25, 0.3) is 11.1 Å². The van der Waals surface area contributed by atoms with Crippen LogP contribution in [0.4, 0.5) is 0 Å². The maximum absolute atomic E-state index is 11.8. The van der Waals surface area contributed by atoms with Crippen molar-refractivity contribution < 1.29 is 9.53 Å². The molecule has 20 heavy (non-hydrogen) atoms. The van der Waals surface area contributed by atoms with Gasteiger partial charge in [0.05, 0.1) is 15.2 Å². The third-order valence-electron chi connectivity index (χ3n) is 3.25. The third kappa shape index (κ3) is 2.96. The summed E-state index contributed by atoms with van der Waals surface area (Å²) in [7, 11) is 0.0634. The van der Waals surface area contributed by atoms with Crippen LogP contribution in [-0.4, -0.2) is 26.1 Å². The van der Waals surface area contributed by atoms with Crippen LogP contribution >= 0.6 is 0 Å². The lowest BCUT2D eigenvalue weighted by Crippen LogP contribution is -2.37. The molecule has 1 heterocycles. The Morgan fingerprint density at radius 1 is 1.10 bits per heavy atom. The minimum Gasteiger partial charge on any atom is -0.464 e. The average Bonchev–Trinajstić information content (AvgIpc) is 2.45. The highest BCUT2D eigenvalue weighted by atomic mass is 28.3. The largest absolute Gasteiger partial charge is 0.464 e. The van der Waals surface area contributed by atoms with Gasteiger partial charge in [0.15, 0.2) is 5.69 Å². The molecule has 2 rings (SSSR count). The Morgan fingerprint density at radius 2 is 1.75 bits per heavy atom. The van der Waals surface area contributed by atoms with E-state index < -0.39 is 14.0 Å². The molecule has 0 N–H and O–H groups in total. The molecule has 4 heteroatoms. The monoisotopic (exact) mass is 285 g/mol. The number of carbonyl (C=O) groups excluding carboxylic acids is 1. The van der Waals surface area contributed by atoms with Gasteiger partial charge in [0.1, 0.15) is 0 Å². The molecule has 0 bridgehead atoms. The molecule has 0 radical (unpaired) electrons. The number of esters is 1. The Labute approximate surface area is 120 Å². The number of benzene rings is 1. The molecule has 104 valence electrons. The van der Waals surface area contributed by atoms with Gasteiger partial charge in [-0.3, -0.25) is 0 Å². The van der Waals surface area contributed by atoms with Crippen LogP contribution in [-0.2, 0) is 4.74 Å². The predicted molar refractivity (Wildman–Crippen MR) is 84.0 cm³/mol. The van der Waals surface area contributed by atoms with Crippen LogP contribution in [0.3, 0.4) is 0 Å². The molecule has 0 atom stereocenters. The van der Waals surface area contributed by atoms with Crippen LogP contribution in [0.15, 0.2) is 42.6 Å². The van der Waals surface area contributed by atoms with Crippen molar-refractivity contribution in [3.63, 3.8) is 0 Å². The second-order valence-corrected chi connectivity index (χ2v) is 10.8. The molecule has 0 fully saturated rings. The molecule has 2 aromatic rings. The lowest BCUT2D eigenvalue weighted by atomic mass is 10.0. The molecule has 1 aromatic heterocycles. The van der Waals surface area contributed by atoms with Crippen molar-refractivity contribution in [2.24, 2.45) is 0 Å². The van der Waals surface area contributed by atoms with E-state index in [2.05, 4.69) is 48.9 Å². The molecule has 1 aromatic carbocycles. The van der Waals surface area contributed by atoms with Crippen molar-refractivity contribution in [3.8, 4) is 11.1 Å². The Hall–Kier alpha value is -1.94.